The van der Waals surface area contributed by atoms with E-state index < -0.39 is 0 Å². The number of fused-ring (bicyclic) bond motifs is 1. The summed E-state index contributed by atoms with van der Waals surface area (Å²) in [5.74, 6) is 0. The molecule has 0 aliphatic rings. The van der Waals surface area contributed by atoms with Crippen molar-refractivity contribution in [1.82, 2.24) is 0 Å². The monoisotopic (exact) mass is 203 g/mol. The molecule has 1 radical (unpaired) electrons. The molecular formula is C13H15S. The van der Waals surface area contributed by atoms with Crippen molar-refractivity contribution in [2.75, 3.05) is 0 Å². The van der Waals surface area contributed by atoms with Gasteiger partial charge in [-0.15, -0.1) is 11.3 Å². The fourth-order valence-corrected chi connectivity index (χ4v) is 2.76. The Hall–Kier alpha value is -0.820. The van der Waals surface area contributed by atoms with Gasteiger partial charge in [-0.2, -0.15) is 0 Å². The van der Waals surface area contributed by atoms with Crippen molar-refractivity contribution in [1.29, 1.82) is 0 Å². The molecule has 1 heterocycles. The summed E-state index contributed by atoms with van der Waals surface area (Å²) in [4.78, 5) is 1.54. The summed E-state index contributed by atoms with van der Waals surface area (Å²) in [6.45, 7) is 3.87. The van der Waals surface area contributed by atoms with Crippen LogP contribution in [0.2, 0.25) is 0 Å². The molecule has 2 rings (SSSR count). The van der Waals surface area contributed by atoms with Gasteiger partial charge in [0.05, 0.1) is 0 Å². The van der Waals surface area contributed by atoms with Crippen molar-refractivity contribution in [3.8, 4) is 0 Å². The summed E-state index contributed by atoms with van der Waals surface area (Å²) in [6.07, 6.45) is 4.79. The topological polar surface area (TPSA) is 0 Å². The first-order chi connectivity index (χ1) is 6.92. The summed E-state index contributed by atoms with van der Waals surface area (Å²) in [6, 6.07) is 8.65. The number of unbranched alkanes of at least 4 members (excludes halogenated alkanes) is 2. The van der Waals surface area contributed by atoms with Gasteiger partial charge in [-0.1, -0.05) is 44.0 Å². The molecule has 1 aromatic carbocycles. The summed E-state index contributed by atoms with van der Waals surface area (Å²) < 4.78 is 0. The van der Waals surface area contributed by atoms with Gasteiger partial charge in [0, 0.05) is 4.88 Å². The van der Waals surface area contributed by atoms with E-state index in [9.17, 15) is 0 Å². The molecular weight excluding hydrogens is 188 g/mol. The average molecular weight is 203 g/mol. The van der Waals surface area contributed by atoms with Crippen LogP contribution in [0.25, 0.3) is 10.8 Å². The third-order valence-corrected chi connectivity index (χ3v) is 3.57. The molecule has 0 bridgehead atoms. The standard InChI is InChI=1S/C13H15S/c1-2-3-4-9-13-12-8-6-5-7-11(12)10-14-13/h5-8,10H,1-4,9H2. The van der Waals surface area contributed by atoms with Crippen molar-refractivity contribution >= 4 is 22.1 Å². The molecule has 0 saturated carbocycles. The molecule has 0 nitrogen and oxygen atoms in total. The quantitative estimate of drug-likeness (QED) is 0.644. The van der Waals surface area contributed by atoms with Crippen LogP contribution in [0.5, 0.6) is 0 Å². The van der Waals surface area contributed by atoms with E-state index in [0.717, 1.165) is 6.42 Å². The van der Waals surface area contributed by atoms with Gasteiger partial charge in [-0.05, 0) is 29.0 Å². The van der Waals surface area contributed by atoms with E-state index in [4.69, 9.17) is 0 Å². The first-order valence-corrected chi connectivity index (χ1v) is 6.04. The molecule has 1 aromatic heterocycles. The Morgan fingerprint density at radius 1 is 1.14 bits per heavy atom. The third-order valence-electron chi connectivity index (χ3n) is 2.49. The average Bonchev–Trinajstić information content (AvgIpc) is 2.63. The van der Waals surface area contributed by atoms with E-state index in [-0.39, 0.29) is 0 Å². The van der Waals surface area contributed by atoms with Gasteiger partial charge in [0.2, 0.25) is 0 Å². The van der Waals surface area contributed by atoms with Gasteiger partial charge in [0.15, 0.2) is 0 Å². The number of benzene rings is 1. The Morgan fingerprint density at radius 3 is 2.86 bits per heavy atom. The van der Waals surface area contributed by atoms with Crippen molar-refractivity contribution in [2.45, 2.75) is 25.7 Å². The lowest BCUT2D eigenvalue weighted by atomic mass is 10.1. The maximum Gasteiger partial charge on any atom is 0.0124 e. The Labute approximate surface area is 89.6 Å². The first kappa shape index (κ1) is 9.72. The molecule has 2 aromatic rings. The maximum absolute atomic E-state index is 3.87. The zero-order chi connectivity index (χ0) is 9.80. The lowest BCUT2D eigenvalue weighted by Crippen LogP contribution is -1.81. The van der Waals surface area contributed by atoms with Crippen LogP contribution >= 0.6 is 11.3 Å². The van der Waals surface area contributed by atoms with Crippen molar-refractivity contribution in [3.63, 3.8) is 0 Å². The number of thiophene rings is 1. The molecule has 0 saturated heterocycles. The molecule has 0 fully saturated rings. The minimum Gasteiger partial charge on any atom is -0.148 e. The molecule has 0 spiro atoms. The highest BCUT2D eigenvalue weighted by atomic mass is 32.1. The fraction of sp³-hybridized carbons (Fsp3) is 0.308. The van der Waals surface area contributed by atoms with E-state index in [1.807, 2.05) is 11.3 Å². The highest BCUT2D eigenvalue weighted by Crippen LogP contribution is 2.26. The van der Waals surface area contributed by atoms with Crippen LogP contribution in [-0.2, 0) is 6.42 Å². The van der Waals surface area contributed by atoms with Gasteiger partial charge in [-0.3, -0.25) is 0 Å². The summed E-state index contributed by atoms with van der Waals surface area (Å²) in [5.41, 5.74) is 0. The van der Waals surface area contributed by atoms with Crippen LogP contribution in [0.4, 0.5) is 0 Å². The van der Waals surface area contributed by atoms with E-state index >= 15 is 0 Å². The van der Waals surface area contributed by atoms with E-state index in [1.54, 1.807) is 0 Å². The van der Waals surface area contributed by atoms with Gasteiger partial charge < -0.3 is 0 Å². The summed E-state index contributed by atoms with van der Waals surface area (Å²) in [5, 5.41) is 5.10. The smallest absolute Gasteiger partial charge is 0.0124 e. The fourth-order valence-electron chi connectivity index (χ4n) is 1.71. The van der Waals surface area contributed by atoms with Crippen molar-refractivity contribution in [3.05, 3.63) is 41.4 Å². The van der Waals surface area contributed by atoms with E-state index in [1.165, 1.54) is 34.9 Å². The maximum atomic E-state index is 3.87. The predicted octanol–water partition coefficient (Wildman–Crippen LogP) is 4.45. The lowest BCUT2D eigenvalue weighted by molar-refractivity contribution is 0.755. The van der Waals surface area contributed by atoms with Crippen LogP contribution in [0.1, 0.15) is 24.1 Å². The first-order valence-electron chi connectivity index (χ1n) is 5.16. The van der Waals surface area contributed by atoms with Gasteiger partial charge >= 0.3 is 0 Å². The highest BCUT2D eigenvalue weighted by molar-refractivity contribution is 7.11. The van der Waals surface area contributed by atoms with Crippen LogP contribution < -0.4 is 0 Å². The second kappa shape index (κ2) is 4.61. The van der Waals surface area contributed by atoms with Crippen molar-refractivity contribution < 1.29 is 0 Å². The van der Waals surface area contributed by atoms with Gasteiger partial charge in [-0.25, -0.2) is 0 Å². The molecule has 1 heteroatoms. The number of aryl methyl sites for hydroxylation is 1. The Morgan fingerprint density at radius 2 is 2.00 bits per heavy atom. The van der Waals surface area contributed by atoms with E-state index in [0.29, 0.717) is 0 Å². The predicted molar refractivity (Wildman–Crippen MR) is 64.7 cm³/mol. The van der Waals surface area contributed by atoms with E-state index in [2.05, 4.69) is 36.6 Å². The summed E-state index contributed by atoms with van der Waals surface area (Å²) >= 11 is 1.89. The highest BCUT2D eigenvalue weighted by Gasteiger charge is 2.02. The SMILES string of the molecule is [CH2]CCCCc1scc2ccccc12. The summed E-state index contributed by atoms with van der Waals surface area (Å²) in [7, 11) is 0. The largest absolute Gasteiger partial charge is 0.148 e. The minimum atomic E-state index is 1.06. The van der Waals surface area contributed by atoms with Crippen molar-refractivity contribution in [2.24, 2.45) is 0 Å². The van der Waals surface area contributed by atoms with Crippen LogP contribution in [0, 0.1) is 6.92 Å². The zero-order valence-corrected chi connectivity index (χ0v) is 9.15. The second-order valence-corrected chi connectivity index (χ2v) is 4.52. The Balaban J connectivity index is 2.17. The molecule has 14 heavy (non-hydrogen) atoms. The Bertz CT molecular complexity index is 400. The molecule has 73 valence electrons. The molecule has 0 unspecified atom stereocenters. The molecule has 0 N–H and O–H groups in total. The third kappa shape index (κ3) is 1.98. The number of rotatable bonds is 4. The molecule has 0 atom stereocenters. The lowest BCUT2D eigenvalue weighted by Gasteiger charge is -1.97. The van der Waals surface area contributed by atoms with Gasteiger partial charge in [0.1, 0.15) is 0 Å². The number of hydrogen-bond acceptors (Lipinski definition) is 1. The molecule has 0 aliphatic carbocycles. The van der Waals surface area contributed by atoms with Gasteiger partial charge in [0.25, 0.3) is 0 Å². The second-order valence-electron chi connectivity index (χ2n) is 3.56. The number of hydrogen-bond donors (Lipinski definition) is 0. The van der Waals surface area contributed by atoms with Crippen LogP contribution in [0.3, 0.4) is 0 Å². The Kier molecular flexibility index (Phi) is 3.20. The normalized spacial score (nSPS) is 10.9. The molecule has 0 amide bonds. The zero-order valence-electron chi connectivity index (χ0n) is 8.33. The molecule has 0 aliphatic heterocycles. The minimum absolute atomic E-state index is 1.06. The van der Waals surface area contributed by atoms with Crippen LogP contribution in [0.15, 0.2) is 29.6 Å². The van der Waals surface area contributed by atoms with Crippen LogP contribution in [-0.4, -0.2) is 0 Å².